The maximum atomic E-state index is 11.9. The van der Waals surface area contributed by atoms with Crippen LogP contribution in [0.2, 0.25) is 0 Å². The Morgan fingerprint density at radius 3 is 2.30 bits per heavy atom. The molecule has 106 valence electrons. The zero-order chi connectivity index (χ0) is 14.8. The second-order valence-corrected chi connectivity index (χ2v) is 6.46. The summed E-state index contributed by atoms with van der Waals surface area (Å²) >= 11 is 0. The van der Waals surface area contributed by atoms with Crippen LogP contribution in [-0.2, 0) is 16.4 Å². The van der Waals surface area contributed by atoms with Crippen molar-refractivity contribution in [1.29, 1.82) is 0 Å². The molecule has 5 nitrogen and oxygen atoms in total. The number of ether oxygens (including phenoxy) is 1. The monoisotopic (exact) mass is 293 g/mol. The van der Waals surface area contributed by atoms with E-state index in [-0.39, 0.29) is 10.5 Å². The summed E-state index contributed by atoms with van der Waals surface area (Å²) in [7, 11) is -1.77. The van der Waals surface area contributed by atoms with Gasteiger partial charge in [0.05, 0.1) is 18.6 Å². The van der Waals surface area contributed by atoms with Crippen LogP contribution in [0.4, 0.5) is 0 Å². The molecule has 2 rings (SSSR count). The second-order valence-electron chi connectivity index (χ2n) is 4.45. The van der Waals surface area contributed by atoms with Gasteiger partial charge in [0.2, 0.25) is 0 Å². The molecule has 0 fully saturated rings. The highest BCUT2D eigenvalue weighted by atomic mass is 32.2. The van der Waals surface area contributed by atoms with Gasteiger partial charge >= 0.3 is 0 Å². The topological polar surface area (TPSA) is 65.4 Å². The molecular weight excluding hydrogens is 278 g/mol. The summed E-state index contributed by atoms with van der Waals surface area (Å²) in [6.07, 6.45) is 2.57. The smallest absolute Gasteiger partial charge is 0.252 e. The molecule has 0 saturated carbocycles. The van der Waals surface area contributed by atoms with Gasteiger partial charge in [-0.25, -0.2) is 8.42 Å². The highest BCUT2D eigenvalue weighted by Gasteiger charge is 2.08. The Kier molecular flexibility index (Phi) is 3.94. The van der Waals surface area contributed by atoms with E-state index < -0.39 is 9.84 Å². The highest BCUT2D eigenvalue weighted by Crippen LogP contribution is 2.12. The molecule has 20 heavy (non-hydrogen) atoms. The highest BCUT2D eigenvalue weighted by molar-refractivity contribution is 7.90. The molecule has 1 heterocycles. The van der Waals surface area contributed by atoms with Crippen LogP contribution in [-0.4, -0.2) is 26.4 Å². The van der Waals surface area contributed by atoms with Gasteiger partial charge in [-0.1, -0.05) is 12.1 Å². The summed E-state index contributed by atoms with van der Waals surface area (Å²) in [5.74, 6) is 0.744. The number of rotatable bonds is 4. The number of aromatic nitrogens is 1. The van der Waals surface area contributed by atoms with Crippen LogP contribution < -0.4 is 10.3 Å². The number of sulfone groups is 1. The minimum atomic E-state index is -3.35. The van der Waals surface area contributed by atoms with Crippen molar-refractivity contribution in [2.24, 2.45) is 0 Å². The SMILES string of the molecule is COc1ccc(Cn2ccc(S(C)(=O)=O)cc2=O)cc1. The van der Waals surface area contributed by atoms with Gasteiger partial charge in [0, 0.05) is 18.5 Å². The number of hydrogen-bond donors (Lipinski definition) is 0. The van der Waals surface area contributed by atoms with E-state index in [1.54, 1.807) is 7.11 Å². The van der Waals surface area contributed by atoms with E-state index in [1.807, 2.05) is 24.3 Å². The Labute approximate surface area is 117 Å². The predicted molar refractivity (Wildman–Crippen MR) is 75.9 cm³/mol. The molecule has 0 aliphatic heterocycles. The standard InChI is InChI=1S/C14H15NO4S/c1-19-12-5-3-11(4-6-12)10-15-8-7-13(9-14(15)16)20(2,17)18/h3-9H,10H2,1-2H3. The van der Waals surface area contributed by atoms with Crippen molar-refractivity contribution in [2.75, 3.05) is 13.4 Å². The van der Waals surface area contributed by atoms with Gasteiger partial charge < -0.3 is 9.30 Å². The van der Waals surface area contributed by atoms with Crippen molar-refractivity contribution >= 4 is 9.84 Å². The number of methoxy groups -OCH3 is 1. The van der Waals surface area contributed by atoms with Crippen LogP contribution in [0.3, 0.4) is 0 Å². The zero-order valence-electron chi connectivity index (χ0n) is 11.2. The van der Waals surface area contributed by atoms with Gasteiger partial charge in [0.25, 0.3) is 5.56 Å². The summed E-state index contributed by atoms with van der Waals surface area (Å²) in [6.45, 7) is 0.382. The molecule has 0 saturated heterocycles. The third-order valence-electron chi connectivity index (χ3n) is 2.91. The first-order chi connectivity index (χ1) is 9.40. The average Bonchev–Trinajstić information content (AvgIpc) is 2.41. The van der Waals surface area contributed by atoms with Crippen molar-refractivity contribution in [2.45, 2.75) is 11.4 Å². The first-order valence-corrected chi connectivity index (χ1v) is 7.83. The molecule has 1 aromatic carbocycles. The summed E-state index contributed by atoms with van der Waals surface area (Å²) in [4.78, 5) is 11.9. The largest absolute Gasteiger partial charge is 0.497 e. The van der Waals surface area contributed by atoms with E-state index >= 15 is 0 Å². The molecule has 0 unspecified atom stereocenters. The van der Waals surface area contributed by atoms with Gasteiger partial charge in [0.15, 0.2) is 9.84 Å². The quantitative estimate of drug-likeness (QED) is 0.852. The third-order valence-corrected chi connectivity index (χ3v) is 4.02. The van der Waals surface area contributed by atoms with Gasteiger partial charge in [0.1, 0.15) is 5.75 Å². The fourth-order valence-corrected chi connectivity index (χ4v) is 2.40. The number of benzene rings is 1. The van der Waals surface area contributed by atoms with E-state index in [9.17, 15) is 13.2 Å². The Bertz CT molecular complexity index is 761. The predicted octanol–water partition coefficient (Wildman–Crippen LogP) is 1.31. The van der Waals surface area contributed by atoms with Gasteiger partial charge in [-0.15, -0.1) is 0 Å². The van der Waals surface area contributed by atoms with Crippen LogP contribution in [0.25, 0.3) is 0 Å². The van der Waals surface area contributed by atoms with E-state index in [1.165, 1.54) is 16.8 Å². The lowest BCUT2D eigenvalue weighted by molar-refractivity contribution is 0.414. The first-order valence-electron chi connectivity index (χ1n) is 5.93. The number of nitrogens with zero attached hydrogens (tertiary/aromatic N) is 1. The summed E-state index contributed by atoms with van der Waals surface area (Å²) in [5.41, 5.74) is 0.587. The Morgan fingerprint density at radius 2 is 1.80 bits per heavy atom. The van der Waals surface area contributed by atoms with Crippen LogP contribution in [0.1, 0.15) is 5.56 Å². The summed E-state index contributed by atoms with van der Waals surface area (Å²) < 4.78 is 29.2. The van der Waals surface area contributed by atoms with Crippen molar-refractivity contribution in [3.05, 3.63) is 58.5 Å². The van der Waals surface area contributed by atoms with Gasteiger partial charge in [-0.05, 0) is 23.8 Å². The molecule has 2 aromatic rings. The molecular formula is C14H15NO4S. The fourth-order valence-electron chi connectivity index (χ4n) is 1.78. The van der Waals surface area contributed by atoms with Crippen molar-refractivity contribution in [1.82, 2.24) is 4.57 Å². The summed E-state index contributed by atoms with van der Waals surface area (Å²) in [5, 5.41) is 0. The van der Waals surface area contributed by atoms with E-state index in [4.69, 9.17) is 4.74 Å². The Morgan fingerprint density at radius 1 is 1.15 bits per heavy atom. The van der Waals surface area contributed by atoms with E-state index in [2.05, 4.69) is 0 Å². The molecule has 0 aliphatic rings. The van der Waals surface area contributed by atoms with Crippen molar-refractivity contribution in [3.63, 3.8) is 0 Å². The van der Waals surface area contributed by atoms with Crippen molar-refractivity contribution in [3.8, 4) is 5.75 Å². The fraction of sp³-hybridized carbons (Fsp3) is 0.214. The molecule has 0 spiro atoms. The molecule has 6 heteroatoms. The first kappa shape index (κ1) is 14.3. The van der Waals surface area contributed by atoms with E-state index in [0.29, 0.717) is 6.54 Å². The number of hydrogen-bond acceptors (Lipinski definition) is 4. The molecule has 0 radical (unpaired) electrons. The van der Waals surface area contributed by atoms with E-state index in [0.717, 1.165) is 23.6 Å². The molecule has 0 N–H and O–H groups in total. The molecule has 0 aliphatic carbocycles. The maximum absolute atomic E-state index is 11.9. The molecule has 1 aromatic heterocycles. The van der Waals surface area contributed by atoms with Gasteiger partial charge in [-0.2, -0.15) is 0 Å². The lowest BCUT2D eigenvalue weighted by Gasteiger charge is -2.07. The van der Waals surface area contributed by atoms with Crippen LogP contribution >= 0.6 is 0 Å². The minimum absolute atomic E-state index is 0.0356. The molecule has 0 amide bonds. The van der Waals surface area contributed by atoms with Crippen LogP contribution in [0.15, 0.2) is 52.3 Å². The number of pyridine rings is 1. The average molecular weight is 293 g/mol. The molecule has 0 bridgehead atoms. The van der Waals surface area contributed by atoms with Crippen molar-refractivity contribution < 1.29 is 13.2 Å². The maximum Gasteiger partial charge on any atom is 0.252 e. The minimum Gasteiger partial charge on any atom is -0.497 e. The summed E-state index contributed by atoms with van der Waals surface area (Å²) in [6, 6.07) is 9.90. The second kappa shape index (κ2) is 5.50. The Hall–Kier alpha value is -2.08. The lowest BCUT2D eigenvalue weighted by atomic mass is 10.2. The Balaban J connectivity index is 2.28. The normalized spacial score (nSPS) is 11.3. The van der Waals surface area contributed by atoms with Crippen LogP contribution in [0, 0.1) is 0 Å². The third kappa shape index (κ3) is 3.27. The molecule has 0 atom stereocenters. The van der Waals surface area contributed by atoms with Crippen LogP contribution in [0.5, 0.6) is 5.75 Å². The lowest BCUT2D eigenvalue weighted by Crippen LogP contribution is -2.20. The zero-order valence-corrected chi connectivity index (χ0v) is 12.1. The van der Waals surface area contributed by atoms with Gasteiger partial charge in [-0.3, -0.25) is 4.79 Å².